The van der Waals surface area contributed by atoms with E-state index in [9.17, 15) is 9.18 Å². The number of aryl methyl sites for hydroxylation is 1. The molecule has 5 nitrogen and oxygen atoms in total. The number of fused-ring (bicyclic) bond motifs is 3. The van der Waals surface area contributed by atoms with Crippen molar-refractivity contribution in [2.24, 2.45) is 7.05 Å². The highest BCUT2D eigenvalue weighted by Gasteiger charge is 2.14. The Morgan fingerprint density at radius 2 is 2.21 bits per heavy atom. The fourth-order valence-corrected chi connectivity index (χ4v) is 2.41. The van der Waals surface area contributed by atoms with Crippen molar-refractivity contribution in [1.82, 2.24) is 14.8 Å². The molecule has 3 rings (SSSR count). The van der Waals surface area contributed by atoms with Gasteiger partial charge in [0.05, 0.1) is 12.8 Å². The van der Waals surface area contributed by atoms with Gasteiger partial charge in [0.15, 0.2) is 0 Å². The van der Waals surface area contributed by atoms with E-state index in [0.29, 0.717) is 21.9 Å². The van der Waals surface area contributed by atoms with Gasteiger partial charge in [-0.1, -0.05) is 0 Å². The van der Waals surface area contributed by atoms with Crippen LogP contribution in [-0.4, -0.2) is 21.9 Å². The molecule has 1 N–H and O–H groups in total. The van der Waals surface area contributed by atoms with Gasteiger partial charge in [-0.3, -0.25) is 4.79 Å². The molecule has 0 bridgehead atoms. The topological polar surface area (TPSA) is 59.9 Å². The van der Waals surface area contributed by atoms with Crippen molar-refractivity contribution in [2.75, 3.05) is 7.11 Å². The minimum absolute atomic E-state index is 0.192. The van der Waals surface area contributed by atoms with E-state index in [1.54, 1.807) is 17.7 Å². The first-order valence-electron chi connectivity index (χ1n) is 5.76. The molecule has 19 heavy (non-hydrogen) atoms. The van der Waals surface area contributed by atoms with E-state index in [0.717, 1.165) is 5.52 Å². The quantitative estimate of drug-likeness (QED) is 0.763. The Morgan fingerprint density at radius 1 is 1.42 bits per heavy atom. The van der Waals surface area contributed by atoms with Crippen molar-refractivity contribution >= 4 is 21.8 Å². The first-order valence-corrected chi connectivity index (χ1v) is 5.76. The molecule has 0 amide bonds. The van der Waals surface area contributed by atoms with E-state index in [1.165, 1.54) is 19.4 Å². The van der Waals surface area contributed by atoms with Gasteiger partial charge in [-0.25, -0.2) is 9.49 Å². The summed E-state index contributed by atoms with van der Waals surface area (Å²) in [6, 6.07) is 3.13. The van der Waals surface area contributed by atoms with Gasteiger partial charge in [0.25, 0.3) is 5.56 Å². The summed E-state index contributed by atoms with van der Waals surface area (Å²) in [5, 5.41) is 7.47. The number of aromatic nitrogens is 3. The number of hydrogen-bond acceptors (Lipinski definition) is 3. The van der Waals surface area contributed by atoms with E-state index in [-0.39, 0.29) is 18.0 Å². The van der Waals surface area contributed by atoms with Crippen LogP contribution >= 0.6 is 0 Å². The number of ether oxygens (including phenoxy) is 1. The van der Waals surface area contributed by atoms with Gasteiger partial charge in [-0.05, 0) is 12.1 Å². The van der Waals surface area contributed by atoms with Gasteiger partial charge in [0.2, 0.25) is 0 Å². The minimum atomic E-state index is -0.345. The molecule has 0 aliphatic heterocycles. The molecule has 0 saturated heterocycles. The second kappa shape index (κ2) is 4.17. The molecule has 0 unspecified atom stereocenters. The molecule has 6 heteroatoms. The van der Waals surface area contributed by atoms with Gasteiger partial charge in [0, 0.05) is 36.0 Å². The Bertz CT molecular complexity index is 835. The van der Waals surface area contributed by atoms with Crippen LogP contribution in [0.1, 0.15) is 5.56 Å². The fraction of sp³-hybridized carbons (Fsp3) is 0.231. The lowest BCUT2D eigenvalue weighted by Gasteiger charge is -2.03. The van der Waals surface area contributed by atoms with Crippen molar-refractivity contribution in [1.29, 1.82) is 0 Å². The zero-order chi connectivity index (χ0) is 13.6. The van der Waals surface area contributed by atoms with Crippen LogP contribution in [0, 0.1) is 5.82 Å². The van der Waals surface area contributed by atoms with Crippen molar-refractivity contribution in [2.45, 2.75) is 6.61 Å². The molecule has 0 fully saturated rings. The number of hydrogen-bond donors (Lipinski definition) is 1. The second-order valence-electron chi connectivity index (χ2n) is 4.41. The third-order valence-corrected chi connectivity index (χ3v) is 3.28. The number of nitrogens with zero attached hydrogens (tertiary/aromatic N) is 2. The summed E-state index contributed by atoms with van der Waals surface area (Å²) in [6.45, 7) is 0.192. The number of benzene rings is 1. The predicted octanol–water partition coefficient (Wildman–Crippen LogP) is 1.70. The molecule has 3 aromatic rings. The highest BCUT2D eigenvalue weighted by Crippen LogP contribution is 2.27. The lowest BCUT2D eigenvalue weighted by Crippen LogP contribution is -2.10. The number of methoxy groups -OCH3 is 1. The van der Waals surface area contributed by atoms with E-state index in [1.807, 2.05) is 0 Å². The van der Waals surface area contributed by atoms with E-state index < -0.39 is 0 Å². The number of rotatable bonds is 2. The Labute approximate surface area is 107 Å². The minimum Gasteiger partial charge on any atom is -0.380 e. The van der Waals surface area contributed by atoms with Gasteiger partial charge in [-0.2, -0.15) is 5.10 Å². The summed E-state index contributed by atoms with van der Waals surface area (Å²) in [5.74, 6) is -0.345. The van der Waals surface area contributed by atoms with Crippen LogP contribution in [0.25, 0.3) is 21.8 Å². The summed E-state index contributed by atoms with van der Waals surface area (Å²) in [4.78, 5) is 11.8. The SMILES string of the molecule is COCc1cc2c(cc1F)c1cn[nH]c(=O)c1n2C. The summed E-state index contributed by atoms with van der Waals surface area (Å²) >= 11 is 0. The number of H-pyrrole nitrogens is 1. The Morgan fingerprint density at radius 3 is 2.95 bits per heavy atom. The predicted molar refractivity (Wildman–Crippen MR) is 69.5 cm³/mol. The van der Waals surface area contributed by atoms with Crippen LogP contribution in [0.5, 0.6) is 0 Å². The lowest BCUT2D eigenvalue weighted by molar-refractivity contribution is 0.181. The molecule has 0 radical (unpaired) electrons. The molecule has 0 aliphatic rings. The summed E-state index contributed by atoms with van der Waals surface area (Å²) in [5.41, 5.74) is 1.44. The van der Waals surface area contributed by atoms with Crippen molar-refractivity contribution in [3.8, 4) is 0 Å². The Hall–Kier alpha value is -2.21. The van der Waals surface area contributed by atoms with Gasteiger partial charge >= 0.3 is 0 Å². The summed E-state index contributed by atoms with van der Waals surface area (Å²) < 4.78 is 20.7. The molecule has 0 spiro atoms. The average Bonchev–Trinajstić information content (AvgIpc) is 2.65. The van der Waals surface area contributed by atoms with Crippen LogP contribution < -0.4 is 5.56 Å². The van der Waals surface area contributed by atoms with Crippen LogP contribution in [0.2, 0.25) is 0 Å². The van der Waals surface area contributed by atoms with Crippen LogP contribution in [-0.2, 0) is 18.4 Å². The van der Waals surface area contributed by atoms with E-state index in [2.05, 4.69) is 10.2 Å². The molecule has 0 atom stereocenters. The number of halogens is 1. The highest BCUT2D eigenvalue weighted by atomic mass is 19.1. The fourth-order valence-electron chi connectivity index (χ4n) is 2.41. The van der Waals surface area contributed by atoms with Crippen LogP contribution in [0.3, 0.4) is 0 Å². The second-order valence-corrected chi connectivity index (χ2v) is 4.41. The van der Waals surface area contributed by atoms with Crippen molar-refractivity contribution < 1.29 is 9.13 Å². The molecular weight excluding hydrogens is 249 g/mol. The van der Waals surface area contributed by atoms with Gasteiger partial charge in [-0.15, -0.1) is 0 Å². The molecule has 0 saturated carbocycles. The Kier molecular flexibility index (Phi) is 2.60. The smallest absolute Gasteiger partial charge is 0.288 e. The first-order chi connectivity index (χ1) is 9.13. The third-order valence-electron chi connectivity index (χ3n) is 3.28. The van der Waals surface area contributed by atoms with Gasteiger partial charge in [0.1, 0.15) is 11.3 Å². The summed E-state index contributed by atoms with van der Waals surface area (Å²) in [7, 11) is 3.29. The third kappa shape index (κ3) is 1.64. The first kappa shape index (κ1) is 11.9. The number of nitrogens with one attached hydrogen (secondary N) is 1. The maximum atomic E-state index is 13.9. The van der Waals surface area contributed by atoms with Crippen molar-refractivity contribution in [3.63, 3.8) is 0 Å². The molecule has 2 heterocycles. The summed E-state index contributed by atoms with van der Waals surface area (Å²) in [6.07, 6.45) is 1.54. The van der Waals surface area contributed by atoms with Gasteiger partial charge < -0.3 is 9.30 Å². The maximum absolute atomic E-state index is 13.9. The molecule has 1 aromatic carbocycles. The van der Waals surface area contributed by atoms with Crippen LogP contribution in [0.15, 0.2) is 23.1 Å². The maximum Gasteiger partial charge on any atom is 0.288 e. The highest BCUT2D eigenvalue weighted by molar-refractivity contribution is 6.07. The van der Waals surface area contributed by atoms with E-state index in [4.69, 9.17) is 4.74 Å². The zero-order valence-electron chi connectivity index (χ0n) is 10.5. The Balaban J connectivity index is 2.48. The lowest BCUT2D eigenvalue weighted by atomic mass is 10.1. The standard InChI is InChI=1S/C13H12FN3O2/c1-17-11-3-7(6-19-2)10(14)4-8(11)9-5-15-16-13(18)12(9)17/h3-5H,6H2,1-2H3,(H,16,18). The molecule has 2 aromatic heterocycles. The number of aromatic amines is 1. The normalized spacial score (nSPS) is 11.5. The monoisotopic (exact) mass is 261 g/mol. The average molecular weight is 261 g/mol. The van der Waals surface area contributed by atoms with Crippen molar-refractivity contribution in [3.05, 3.63) is 40.1 Å². The molecule has 98 valence electrons. The molecular formula is C13H12FN3O2. The van der Waals surface area contributed by atoms with E-state index >= 15 is 0 Å². The van der Waals surface area contributed by atoms with Crippen LogP contribution in [0.4, 0.5) is 4.39 Å². The molecule has 0 aliphatic carbocycles. The zero-order valence-corrected chi connectivity index (χ0v) is 10.5. The largest absolute Gasteiger partial charge is 0.380 e.